The Morgan fingerprint density at radius 1 is 0.842 bits per heavy atom. The van der Waals surface area contributed by atoms with Crippen molar-refractivity contribution in [2.45, 2.75) is 62.7 Å². The van der Waals surface area contributed by atoms with E-state index in [2.05, 4.69) is 10.0 Å². The van der Waals surface area contributed by atoms with Crippen LogP contribution in [0.1, 0.15) is 57.8 Å². The Kier molecular flexibility index (Phi) is 15.2. The lowest BCUT2D eigenvalue weighted by Crippen LogP contribution is -2.27. The molecule has 0 bridgehead atoms. The Balaban J connectivity index is 1.52. The van der Waals surface area contributed by atoms with Crippen molar-refractivity contribution in [2.75, 3.05) is 58.7 Å². The zero-order chi connectivity index (χ0) is 27.6. The second kappa shape index (κ2) is 18.1. The number of benzene rings is 2. The first-order valence-corrected chi connectivity index (χ1v) is 15.1. The van der Waals surface area contributed by atoms with E-state index in [-0.39, 0.29) is 25.9 Å². The largest absolute Gasteiger partial charge is 0.394 e. The molecule has 0 spiro atoms. The summed E-state index contributed by atoms with van der Waals surface area (Å²) in [6.07, 6.45) is 8.63. The van der Waals surface area contributed by atoms with Crippen molar-refractivity contribution in [1.82, 2.24) is 10.0 Å². The molecule has 0 aromatic heterocycles. The molecule has 0 unspecified atom stereocenters. The van der Waals surface area contributed by atoms with Gasteiger partial charge < -0.3 is 24.8 Å². The standard InChI is InChI=1S/C28H45N3O6S/c1-31(2)26-15-11-14-25-24(26)13-12-16-27(25)38(34,35)30-18-10-8-6-4-3-5-7-9-17-28(33)29-19-21-36-23-37-22-20-32/h11-16,30,32H,3-10,17-23H2,1-2H3,(H,29,33). The normalized spacial score (nSPS) is 11.7. The smallest absolute Gasteiger partial charge is 0.241 e. The molecule has 0 radical (unpaired) electrons. The van der Waals surface area contributed by atoms with Gasteiger partial charge in [-0.3, -0.25) is 4.79 Å². The topological polar surface area (TPSA) is 117 Å². The number of hydrogen-bond acceptors (Lipinski definition) is 7. The summed E-state index contributed by atoms with van der Waals surface area (Å²) in [5.74, 6) is 0.0361. The van der Waals surface area contributed by atoms with Crippen LogP contribution in [0.15, 0.2) is 41.3 Å². The lowest BCUT2D eigenvalue weighted by Gasteiger charge is -2.17. The number of ether oxygens (including phenoxy) is 2. The van der Waals surface area contributed by atoms with Crippen molar-refractivity contribution < 1.29 is 27.8 Å². The third-order valence-electron chi connectivity index (χ3n) is 6.22. The highest BCUT2D eigenvalue weighted by Gasteiger charge is 2.17. The maximum absolute atomic E-state index is 13.0. The molecule has 3 N–H and O–H groups in total. The van der Waals surface area contributed by atoms with E-state index in [1.165, 1.54) is 0 Å². The molecule has 0 aliphatic rings. The molecule has 9 nitrogen and oxygen atoms in total. The number of nitrogens with one attached hydrogen (secondary N) is 2. The van der Waals surface area contributed by atoms with Gasteiger partial charge in [0.2, 0.25) is 15.9 Å². The van der Waals surface area contributed by atoms with E-state index in [1.54, 1.807) is 12.1 Å². The summed E-state index contributed by atoms with van der Waals surface area (Å²) in [5.41, 5.74) is 0.992. The van der Waals surface area contributed by atoms with Crippen molar-refractivity contribution in [3.8, 4) is 0 Å². The van der Waals surface area contributed by atoms with Gasteiger partial charge in [-0.2, -0.15) is 0 Å². The van der Waals surface area contributed by atoms with Crippen LogP contribution >= 0.6 is 0 Å². The van der Waals surface area contributed by atoms with Crippen LogP contribution in [-0.2, 0) is 24.3 Å². The highest BCUT2D eigenvalue weighted by Crippen LogP contribution is 2.30. The first-order chi connectivity index (χ1) is 18.4. The van der Waals surface area contributed by atoms with Gasteiger partial charge in [-0.25, -0.2) is 13.1 Å². The summed E-state index contributed by atoms with van der Waals surface area (Å²) in [4.78, 5) is 14.1. The predicted molar refractivity (Wildman–Crippen MR) is 152 cm³/mol. The quantitative estimate of drug-likeness (QED) is 0.160. The first-order valence-electron chi connectivity index (χ1n) is 13.6. The molecule has 0 fully saturated rings. The maximum atomic E-state index is 13.0. The molecular weight excluding hydrogens is 506 g/mol. The lowest BCUT2D eigenvalue weighted by molar-refractivity contribution is -0.121. The second-order valence-electron chi connectivity index (χ2n) is 9.51. The number of unbranched alkanes of at least 4 members (excludes halogenated alkanes) is 7. The van der Waals surface area contributed by atoms with Gasteiger partial charge in [0.05, 0.1) is 24.7 Å². The van der Waals surface area contributed by atoms with Crippen LogP contribution < -0.4 is 14.9 Å². The molecule has 214 valence electrons. The summed E-state index contributed by atoms with van der Waals surface area (Å²) in [6, 6.07) is 11.2. The molecule has 1 amide bonds. The van der Waals surface area contributed by atoms with E-state index >= 15 is 0 Å². The maximum Gasteiger partial charge on any atom is 0.241 e. The van der Waals surface area contributed by atoms with E-state index in [1.807, 2.05) is 43.3 Å². The zero-order valence-corrected chi connectivity index (χ0v) is 23.7. The molecular formula is C28H45N3O6S. The number of hydrogen-bond donors (Lipinski definition) is 3. The molecule has 0 saturated heterocycles. The third-order valence-corrected chi connectivity index (χ3v) is 7.74. The summed E-state index contributed by atoms with van der Waals surface area (Å²) >= 11 is 0. The molecule has 2 aromatic rings. The highest BCUT2D eigenvalue weighted by atomic mass is 32.2. The summed E-state index contributed by atoms with van der Waals surface area (Å²) in [7, 11) is 0.324. The molecule has 0 aliphatic heterocycles. The Bertz CT molecular complexity index is 1060. The highest BCUT2D eigenvalue weighted by molar-refractivity contribution is 7.89. The Hall–Kier alpha value is -2.24. The van der Waals surface area contributed by atoms with Crippen LogP contribution in [-0.4, -0.2) is 73.2 Å². The number of fused-ring (bicyclic) bond motifs is 1. The van der Waals surface area contributed by atoms with Gasteiger partial charge in [-0.15, -0.1) is 0 Å². The number of rotatable bonds is 21. The minimum absolute atomic E-state index is 0.0322. The van der Waals surface area contributed by atoms with Crippen LogP contribution in [0, 0.1) is 0 Å². The van der Waals surface area contributed by atoms with E-state index < -0.39 is 10.0 Å². The Labute approximate surface area is 227 Å². The number of amides is 1. The van der Waals surface area contributed by atoms with Crippen molar-refractivity contribution in [2.24, 2.45) is 0 Å². The van der Waals surface area contributed by atoms with E-state index in [0.29, 0.717) is 31.0 Å². The minimum Gasteiger partial charge on any atom is -0.394 e. The molecule has 0 aliphatic carbocycles. The number of nitrogens with zero attached hydrogens (tertiary/aromatic N) is 1. The second-order valence-corrected chi connectivity index (χ2v) is 11.2. The van der Waals surface area contributed by atoms with Gasteiger partial charge in [-0.1, -0.05) is 62.8 Å². The van der Waals surface area contributed by atoms with Crippen molar-refractivity contribution in [1.29, 1.82) is 0 Å². The Morgan fingerprint density at radius 3 is 2.18 bits per heavy atom. The fourth-order valence-electron chi connectivity index (χ4n) is 4.24. The van der Waals surface area contributed by atoms with Gasteiger partial charge in [0.25, 0.3) is 0 Å². The van der Waals surface area contributed by atoms with Crippen molar-refractivity contribution in [3.63, 3.8) is 0 Å². The van der Waals surface area contributed by atoms with E-state index in [0.717, 1.165) is 67.8 Å². The van der Waals surface area contributed by atoms with Crippen molar-refractivity contribution >= 4 is 32.4 Å². The molecule has 0 saturated carbocycles. The summed E-state index contributed by atoms with van der Waals surface area (Å²) < 4.78 is 38.8. The summed E-state index contributed by atoms with van der Waals surface area (Å²) in [5, 5.41) is 13.1. The minimum atomic E-state index is -3.58. The average Bonchev–Trinajstić information content (AvgIpc) is 2.90. The van der Waals surface area contributed by atoms with Crippen LogP contribution in [0.3, 0.4) is 0 Å². The number of anilines is 1. The first kappa shape index (κ1) is 32.0. The van der Waals surface area contributed by atoms with Gasteiger partial charge in [0.15, 0.2) is 0 Å². The molecule has 0 atom stereocenters. The molecule has 0 heterocycles. The number of aliphatic hydroxyl groups is 1. The number of carbonyl (C=O) groups excluding carboxylic acids is 1. The van der Waals surface area contributed by atoms with Gasteiger partial charge in [0, 0.05) is 50.1 Å². The summed E-state index contributed by atoms with van der Waals surface area (Å²) in [6.45, 7) is 1.61. The lowest BCUT2D eigenvalue weighted by atomic mass is 10.1. The molecule has 10 heteroatoms. The fraction of sp³-hybridized carbons (Fsp3) is 0.607. The predicted octanol–water partition coefficient (Wildman–Crippen LogP) is 3.79. The molecule has 38 heavy (non-hydrogen) atoms. The monoisotopic (exact) mass is 551 g/mol. The van der Waals surface area contributed by atoms with Crippen LogP contribution in [0.2, 0.25) is 0 Å². The van der Waals surface area contributed by atoms with E-state index in [9.17, 15) is 13.2 Å². The number of carbonyl (C=O) groups is 1. The third kappa shape index (κ3) is 11.7. The molecule has 2 aromatic carbocycles. The van der Waals surface area contributed by atoms with Gasteiger partial charge in [-0.05, 0) is 25.0 Å². The SMILES string of the molecule is CN(C)c1cccc2c(S(=O)(=O)NCCCCCCCCCCC(=O)NCCOCOCCO)cccc12. The average molecular weight is 552 g/mol. The Morgan fingerprint density at radius 2 is 1.47 bits per heavy atom. The van der Waals surface area contributed by atoms with Crippen LogP contribution in [0.5, 0.6) is 0 Å². The van der Waals surface area contributed by atoms with E-state index in [4.69, 9.17) is 14.6 Å². The van der Waals surface area contributed by atoms with Gasteiger partial charge >= 0.3 is 0 Å². The zero-order valence-electron chi connectivity index (χ0n) is 22.9. The van der Waals surface area contributed by atoms with Crippen LogP contribution in [0.4, 0.5) is 5.69 Å². The van der Waals surface area contributed by atoms with Gasteiger partial charge in [0.1, 0.15) is 6.79 Å². The van der Waals surface area contributed by atoms with Crippen molar-refractivity contribution in [3.05, 3.63) is 36.4 Å². The number of sulfonamides is 1. The van der Waals surface area contributed by atoms with Crippen LogP contribution in [0.25, 0.3) is 10.8 Å². The number of aliphatic hydroxyl groups excluding tert-OH is 1. The molecule has 2 rings (SSSR count). The fourth-order valence-corrected chi connectivity index (χ4v) is 5.53.